The van der Waals surface area contributed by atoms with E-state index in [9.17, 15) is 14.4 Å². The summed E-state index contributed by atoms with van der Waals surface area (Å²) in [5.74, 6) is -0.996. The molecule has 0 aliphatic rings. The highest BCUT2D eigenvalue weighted by Crippen LogP contribution is 2.24. The fourth-order valence-electron chi connectivity index (χ4n) is 3.23. The molecule has 2 N–H and O–H groups in total. The Labute approximate surface area is 199 Å². The molecule has 0 saturated carbocycles. The second-order valence-corrected chi connectivity index (χ2v) is 7.80. The number of carboxylic acid groups (broad SMARTS) is 1. The Kier molecular flexibility index (Phi) is 7.95. The number of carbonyl (C=O) groups excluding carboxylic acids is 2. The number of carboxylic acids is 1. The fraction of sp³-hybridized carbons (Fsp3) is 0.269. The lowest BCUT2D eigenvalue weighted by Crippen LogP contribution is -2.36. The lowest BCUT2D eigenvalue weighted by Gasteiger charge is -2.28. The van der Waals surface area contributed by atoms with E-state index in [0.29, 0.717) is 22.6 Å². The third-order valence-corrected chi connectivity index (χ3v) is 4.92. The number of hydrogen-bond acceptors (Lipinski definition) is 5. The number of benzene rings is 2. The van der Waals surface area contributed by atoms with Gasteiger partial charge in [0.2, 0.25) is 5.91 Å². The molecule has 34 heavy (non-hydrogen) atoms. The highest BCUT2D eigenvalue weighted by Gasteiger charge is 2.21. The number of amides is 2. The predicted octanol–water partition coefficient (Wildman–Crippen LogP) is 3.97. The van der Waals surface area contributed by atoms with Crippen molar-refractivity contribution in [3.8, 4) is 17.1 Å². The summed E-state index contributed by atoms with van der Waals surface area (Å²) >= 11 is 0. The second kappa shape index (κ2) is 11.7. The molecule has 1 aromatic heterocycles. The molecule has 2 amide bonds. The normalized spacial score (nSPS) is 12.0. The van der Waals surface area contributed by atoms with Crippen LogP contribution in [-0.4, -0.2) is 47.0 Å². The number of furan rings is 1. The predicted molar refractivity (Wildman–Crippen MR) is 126 cm³/mol. The first-order chi connectivity index (χ1) is 16.8. The lowest BCUT2D eigenvalue weighted by molar-refractivity contribution is -0.140. The van der Waals surface area contributed by atoms with Gasteiger partial charge in [0.05, 0.1) is 14.2 Å². The molecule has 1 atom stereocenters. The van der Waals surface area contributed by atoms with Crippen LogP contribution in [0.3, 0.4) is 0 Å². The van der Waals surface area contributed by atoms with Gasteiger partial charge in [-0.1, -0.05) is 30.3 Å². The van der Waals surface area contributed by atoms with Gasteiger partial charge in [0, 0.05) is 29.3 Å². The van der Waals surface area contributed by atoms with Crippen molar-refractivity contribution in [1.29, 1.82) is 0 Å². The maximum atomic E-state index is 13.4. The van der Waals surface area contributed by atoms with Gasteiger partial charge in [-0.05, 0) is 44.2 Å². The third-order valence-electron chi connectivity index (χ3n) is 4.92. The first-order valence-corrected chi connectivity index (χ1v) is 10.9. The van der Waals surface area contributed by atoms with E-state index >= 15 is 0 Å². The van der Waals surface area contributed by atoms with E-state index in [-0.39, 0.29) is 25.1 Å². The van der Waals surface area contributed by atoms with Crippen molar-refractivity contribution in [2.45, 2.75) is 32.8 Å². The van der Waals surface area contributed by atoms with Crippen LogP contribution in [-0.2, 0) is 16.1 Å². The minimum absolute atomic E-state index is 0.0823. The molecular weight excluding hydrogens is 436 g/mol. The summed E-state index contributed by atoms with van der Waals surface area (Å²) in [6.07, 6.45) is 0.975. The quantitative estimate of drug-likeness (QED) is 0.328. The maximum Gasteiger partial charge on any atom is 0.312 e. The number of rotatable bonds is 11. The molecule has 3 aromatic rings. The third kappa shape index (κ3) is 6.71. The van der Waals surface area contributed by atoms with Crippen LogP contribution in [0.4, 0.5) is 0 Å². The Hall–Kier alpha value is -4.07. The molecule has 8 heteroatoms. The van der Waals surface area contributed by atoms with Gasteiger partial charge >= 0.3 is 5.97 Å². The summed E-state index contributed by atoms with van der Waals surface area (Å²) in [4.78, 5) is 36.9. The van der Waals surface area contributed by atoms with Gasteiger partial charge in [0.15, 0.2) is 0 Å². The van der Waals surface area contributed by atoms with Gasteiger partial charge in [-0.2, -0.15) is 0 Å². The fourth-order valence-corrected chi connectivity index (χ4v) is 3.23. The van der Waals surface area contributed by atoms with Crippen molar-refractivity contribution in [2.75, 3.05) is 13.2 Å². The van der Waals surface area contributed by atoms with E-state index in [1.165, 1.54) is 4.90 Å². The standard InChI is InChI=1S/C26H28N2O6/c1-18(2)28(26(32)20-11-9-19(10-12-20)22-8-5-14-33-22)17-21-6-3-4-7-23(21)34-15-13-27-24(29)16-25(30)31/h3-12,14,18H,13,15-17H2,1-2H3,(H,27,29)(H,30,31)/i17D. The van der Waals surface area contributed by atoms with Crippen LogP contribution in [0.5, 0.6) is 5.75 Å². The van der Waals surface area contributed by atoms with Crippen molar-refractivity contribution < 1.29 is 30.0 Å². The molecule has 0 spiro atoms. The minimum Gasteiger partial charge on any atom is -0.491 e. The molecule has 0 radical (unpaired) electrons. The average molecular weight is 466 g/mol. The monoisotopic (exact) mass is 465 g/mol. The number of hydrogen-bond donors (Lipinski definition) is 2. The zero-order chi connectivity index (χ0) is 25.4. The molecule has 0 saturated heterocycles. The Balaban J connectivity index is 1.72. The molecule has 0 fully saturated rings. The van der Waals surface area contributed by atoms with Crippen molar-refractivity contribution in [1.82, 2.24) is 10.2 Å². The highest BCUT2D eigenvalue weighted by molar-refractivity contribution is 5.95. The summed E-state index contributed by atoms with van der Waals surface area (Å²) < 4.78 is 20.0. The number of para-hydroxylation sites is 1. The second-order valence-electron chi connectivity index (χ2n) is 7.80. The van der Waals surface area contributed by atoms with Crippen molar-refractivity contribution in [2.24, 2.45) is 0 Å². The molecule has 2 aromatic carbocycles. The molecule has 0 aliphatic heterocycles. The first kappa shape index (κ1) is 23.1. The van der Waals surface area contributed by atoms with Gasteiger partial charge in [0.1, 0.15) is 24.5 Å². The van der Waals surface area contributed by atoms with Gasteiger partial charge < -0.3 is 24.5 Å². The lowest BCUT2D eigenvalue weighted by atomic mass is 10.1. The Morgan fingerprint density at radius 2 is 1.82 bits per heavy atom. The number of ether oxygens (including phenoxy) is 1. The molecule has 178 valence electrons. The molecule has 8 nitrogen and oxygen atoms in total. The molecule has 1 heterocycles. The van der Waals surface area contributed by atoms with Crippen LogP contribution in [0.2, 0.25) is 0 Å². The number of nitrogens with one attached hydrogen (secondary N) is 1. The van der Waals surface area contributed by atoms with E-state index in [1.807, 2.05) is 19.9 Å². The summed E-state index contributed by atoms with van der Waals surface area (Å²) in [5, 5.41) is 11.1. The van der Waals surface area contributed by atoms with Crippen LogP contribution in [0.25, 0.3) is 11.3 Å². The minimum atomic E-state index is -1.21. The van der Waals surface area contributed by atoms with Gasteiger partial charge in [-0.25, -0.2) is 0 Å². The van der Waals surface area contributed by atoms with E-state index < -0.39 is 24.8 Å². The number of aliphatic carboxylic acids is 1. The highest BCUT2D eigenvalue weighted by atomic mass is 16.5. The maximum absolute atomic E-state index is 13.4. The molecule has 3 rings (SSSR count). The number of carbonyl (C=O) groups is 3. The molecule has 0 bridgehead atoms. The van der Waals surface area contributed by atoms with Gasteiger partial charge in [0.25, 0.3) is 5.91 Å². The first-order valence-electron chi connectivity index (χ1n) is 11.4. The Morgan fingerprint density at radius 3 is 2.47 bits per heavy atom. The van der Waals surface area contributed by atoms with E-state index in [1.54, 1.807) is 60.9 Å². The zero-order valence-electron chi connectivity index (χ0n) is 20.1. The van der Waals surface area contributed by atoms with Crippen LogP contribution in [0.1, 0.15) is 37.6 Å². The van der Waals surface area contributed by atoms with Crippen molar-refractivity contribution >= 4 is 17.8 Å². The average Bonchev–Trinajstić information content (AvgIpc) is 3.36. The smallest absolute Gasteiger partial charge is 0.312 e. The molecule has 0 aliphatic carbocycles. The number of nitrogens with zero attached hydrogens (tertiary/aromatic N) is 1. The van der Waals surface area contributed by atoms with Gasteiger partial charge in [-0.3, -0.25) is 14.4 Å². The zero-order valence-corrected chi connectivity index (χ0v) is 19.1. The Bertz CT molecular complexity index is 1140. The Morgan fingerprint density at radius 1 is 1.09 bits per heavy atom. The van der Waals surface area contributed by atoms with Crippen LogP contribution < -0.4 is 10.1 Å². The van der Waals surface area contributed by atoms with Crippen LogP contribution >= 0.6 is 0 Å². The van der Waals surface area contributed by atoms with Crippen molar-refractivity contribution in [3.05, 3.63) is 78.1 Å². The topological polar surface area (TPSA) is 109 Å². The summed E-state index contributed by atoms with van der Waals surface area (Å²) in [5.41, 5.74) is 1.80. The van der Waals surface area contributed by atoms with E-state index in [0.717, 1.165) is 5.56 Å². The SMILES string of the molecule is [2H]C(c1ccccc1OCCNC(=O)CC(=O)O)N(C(=O)c1ccc(-c2ccco2)cc1)C(C)C. The largest absolute Gasteiger partial charge is 0.491 e. The van der Waals surface area contributed by atoms with Crippen LogP contribution in [0, 0.1) is 0 Å². The molecular formula is C26H28N2O6. The van der Waals surface area contributed by atoms with E-state index in [2.05, 4.69) is 5.32 Å². The van der Waals surface area contributed by atoms with Crippen molar-refractivity contribution in [3.63, 3.8) is 0 Å². The summed E-state index contributed by atoms with van der Waals surface area (Å²) in [7, 11) is 0. The van der Waals surface area contributed by atoms with E-state index in [4.69, 9.17) is 15.6 Å². The van der Waals surface area contributed by atoms with Gasteiger partial charge in [-0.15, -0.1) is 0 Å². The summed E-state index contributed by atoms with van der Waals surface area (Å²) in [6, 6.07) is 17.3. The van der Waals surface area contributed by atoms with Crippen LogP contribution in [0.15, 0.2) is 71.3 Å². The molecule has 1 unspecified atom stereocenters. The summed E-state index contributed by atoms with van der Waals surface area (Å²) in [6.45, 7) is 2.85.